The molecular weight excluding hydrogens is 260 g/mol. The molecule has 0 amide bonds. The monoisotopic (exact) mass is 278 g/mol. The summed E-state index contributed by atoms with van der Waals surface area (Å²) in [5, 5.41) is 4.67. The largest absolute Gasteiger partial charge is 0.383 e. The van der Waals surface area contributed by atoms with Gasteiger partial charge in [0.25, 0.3) is 0 Å². The maximum absolute atomic E-state index is 12.1. The Labute approximate surface area is 106 Å². The first-order chi connectivity index (χ1) is 8.02. The highest BCUT2D eigenvalue weighted by Crippen LogP contribution is 2.21. The lowest BCUT2D eigenvalue weighted by Crippen LogP contribution is -2.29. The fourth-order valence-electron chi connectivity index (χ4n) is 1.28. The van der Waals surface area contributed by atoms with Crippen molar-refractivity contribution in [2.45, 2.75) is 11.4 Å². The predicted octanol–water partition coefficient (Wildman–Crippen LogP) is 0.734. The summed E-state index contributed by atoms with van der Waals surface area (Å²) in [5.41, 5.74) is 0. The zero-order valence-electron chi connectivity index (χ0n) is 10.3. The van der Waals surface area contributed by atoms with E-state index in [1.807, 2.05) is 7.05 Å². The van der Waals surface area contributed by atoms with E-state index in [1.54, 1.807) is 25.6 Å². The lowest BCUT2D eigenvalue weighted by Gasteiger charge is -2.15. The van der Waals surface area contributed by atoms with Gasteiger partial charge in [-0.1, -0.05) is 0 Å². The second-order valence-electron chi connectivity index (χ2n) is 3.60. The molecule has 0 fully saturated rings. The molecule has 0 atom stereocenters. The third-order valence-electron chi connectivity index (χ3n) is 2.30. The van der Waals surface area contributed by atoms with E-state index >= 15 is 0 Å². The molecule has 0 spiro atoms. The number of nitrogens with zero attached hydrogens (tertiary/aromatic N) is 1. The van der Waals surface area contributed by atoms with Crippen molar-refractivity contribution >= 4 is 21.4 Å². The number of likely N-dealkylation sites (N-methyl/N-ethyl adjacent to an activating group) is 1. The maximum atomic E-state index is 12.1. The summed E-state index contributed by atoms with van der Waals surface area (Å²) in [7, 11) is 1.57. The molecule has 0 unspecified atom stereocenters. The van der Waals surface area contributed by atoms with Crippen molar-refractivity contribution in [3.63, 3.8) is 0 Å². The number of ether oxygens (including phenoxy) is 1. The molecule has 1 rings (SSSR count). The number of nitrogens with one attached hydrogen (secondary N) is 1. The van der Waals surface area contributed by atoms with E-state index in [0.29, 0.717) is 24.6 Å². The molecule has 0 radical (unpaired) electrons. The maximum Gasteiger partial charge on any atom is 0.243 e. The molecule has 0 aromatic carbocycles. The van der Waals surface area contributed by atoms with Crippen LogP contribution >= 0.6 is 11.3 Å². The SMILES string of the molecule is CNCc1cc(S(=O)(=O)N(C)CCOC)cs1. The molecule has 1 aromatic heterocycles. The van der Waals surface area contributed by atoms with Crippen LogP contribution in [0.15, 0.2) is 16.3 Å². The molecule has 0 saturated heterocycles. The number of methoxy groups -OCH3 is 1. The molecule has 7 heteroatoms. The van der Waals surface area contributed by atoms with Gasteiger partial charge in [-0.25, -0.2) is 8.42 Å². The predicted molar refractivity (Wildman–Crippen MR) is 68.8 cm³/mol. The van der Waals surface area contributed by atoms with Gasteiger partial charge in [0.1, 0.15) is 0 Å². The van der Waals surface area contributed by atoms with Crippen molar-refractivity contribution in [2.75, 3.05) is 34.4 Å². The number of rotatable bonds is 7. The minimum absolute atomic E-state index is 0.353. The number of hydrogen-bond donors (Lipinski definition) is 1. The van der Waals surface area contributed by atoms with Crippen LogP contribution in [-0.2, 0) is 21.3 Å². The lowest BCUT2D eigenvalue weighted by atomic mass is 10.5. The standard InChI is InChI=1S/C10H18N2O3S2/c1-11-7-9-6-10(8-16-9)17(13,14)12(2)4-5-15-3/h6,8,11H,4-5,7H2,1-3H3. The molecule has 5 nitrogen and oxygen atoms in total. The summed E-state index contributed by atoms with van der Waals surface area (Å²) in [5.74, 6) is 0. The van der Waals surface area contributed by atoms with Gasteiger partial charge in [0.15, 0.2) is 0 Å². The molecule has 1 aromatic rings. The van der Waals surface area contributed by atoms with Gasteiger partial charge >= 0.3 is 0 Å². The fourth-order valence-corrected chi connectivity index (χ4v) is 3.71. The summed E-state index contributed by atoms with van der Waals surface area (Å²) < 4.78 is 30.4. The molecule has 0 aliphatic rings. The van der Waals surface area contributed by atoms with E-state index in [1.165, 1.54) is 15.6 Å². The van der Waals surface area contributed by atoms with Gasteiger partial charge in [0.05, 0.1) is 11.5 Å². The van der Waals surface area contributed by atoms with Crippen LogP contribution < -0.4 is 5.32 Å². The Hall–Kier alpha value is -0.470. The Balaban J connectivity index is 2.81. The molecular formula is C10H18N2O3S2. The normalized spacial score (nSPS) is 12.2. The summed E-state index contributed by atoms with van der Waals surface area (Å²) in [4.78, 5) is 1.36. The fraction of sp³-hybridized carbons (Fsp3) is 0.600. The number of sulfonamides is 1. The summed E-state index contributed by atoms with van der Waals surface area (Å²) >= 11 is 1.44. The summed E-state index contributed by atoms with van der Waals surface area (Å²) in [6.45, 7) is 1.43. The first-order valence-electron chi connectivity index (χ1n) is 5.19. The van der Waals surface area contributed by atoms with Crippen LogP contribution in [0.2, 0.25) is 0 Å². The molecule has 17 heavy (non-hydrogen) atoms. The molecule has 0 aliphatic carbocycles. The van der Waals surface area contributed by atoms with Gasteiger partial charge in [0.2, 0.25) is 10.0 Å². The molecule has 0 saturated carbocycles. The van der Waals surface area contributed by atoms with Gasteiger partial charge in [-0.05, 0) is 13.1 Å². The second-order valence-corrected chi connectivity index (χ2v) is 6.64. The zero-order valence-corrected chi connectivity index (χ0v) is 11.9. The van der Waals surface area contributed by atoms with Crippen LogP contribution in [0.25, 0.3) is 0 Å². The van der Waals surface area contributed by atoms with Crippen LogP contribution in [0.3, 0.4) is 0 Å². The van der Waals surface area contributed by atoms with E-state index in [9.17, 15) is 8.42 Å². The van der Waals surface area contributed by atoms with Gasteiger partial charge in [-0.2, -0.15) is 4.31 Å². The number of thiophene rings is 1. The van der Waals surface area contributed by atoms with Crippen molar-refractivity contribution in [3.8, 4) is 0 Å². The van der Waals surface area contributed by atoms with Crippen molar-refractivity contribution in [1.82, 2.24) is 9.62 Å². The van der Waals surface area contributed by atoms with Crippen molar-refractivity contribution < 1.29 is 13.2 Å². The Bertz CT molecular complexity index is 442. The Kier molecular flexibility index (Phi) is 5.54. The van der Waals surface area contributed by atoms with Gasteiger partial charge < -0.3 is 10.1 Å². The van der Waals surface area contributed by atoms with E-state index < -0.39 is 10.0 Å². The Morgan fingerprint density at radius 2 is 2.24 bits per heavy atom. The zero-order chi connectivity index (χ0) is 12.9. The lowest BCUT2D eigenvalue weighted by molar-refractivity contribution is 0.185. The van der Waals surface area contributed by atoms with Crippen LogP contribution in [0, 0.1) is 0 Å². The van der Waals surface area contributed by atoms with Gasteiger partial charge in [-0.15, -0.1) is 11.3 Å². The van der Waals surface area contributed by atoms with Crippen LogP contribution in [0.4, 0.5) is 0 Å². The average Bonchev–Trinajstić information content (AvgIpc) is 2.75. The molecule has 0 aliphatic heterocycles. The summed E-state index contributed by atoms with van der Waals surface area (Å²) in [6.07, 6.45) is 0. The smallest absolute Gasteiger partial charge is 0.243 e. The van der Waals surface area contributed by atoms with Crippen molar-refractivity contribution in [3.05, 3.63) is 16.3 Å². The molecule has 1 heterocycles. The quantitative estimate of drug-likeness (QED) is 0.799. The van der Waals surface area contributed by atoms with Crippen LogP contribution in [-0.4, -0.2) is 47.1 Å². The Morgan fingerprint density at radius 1 is 1.53 bits per heavy atom. The van der Waals surface area contributed by atoms with E-state index in [-0.39, 0.29) is 0 Å². The highest BCUT2D eigenvalue weighted by Gasteiger charge is 2.21. The Morgan fingerprint density at radius 3 is 2.82 bits per heavy atom. The minimum Gasteiger partial charge on any atom is -0.383 e. The number of hydrogen-bond acceptors (Lipinski definition) is 5. The third-order valence-corrected chi connectivity index (χ3v) is 5.22. The molecule has 98 valence electrons. The van der Waals surface area contributed by atoms with Crippen molar-refractivity contribution in [2.24, 2.45) is 0 Å². The highest BCUT2D eigenvalue weighted by atomic mass is 32.2. The summed E-state index contributed by atoms with van der Waals surface area (Å²) in [6, 6.07) is 1.71. The van der Waals surface area contributed by atoms with Gasteiger partial charge in [0, 0.05) is 37.5 Å². The topological polar surface area (TPSA) is 58.6 Å². The molecule has 1 N–H and O–H groups in total. The third kappa shape index (κ3) is 3.75. The first kappa shape index (κ1) is 14.6. The second kappa shape index (κ2) is 6.46. The van der Waals surface area contributed by atoms with Crippen molar-refractivity contribution in [1.29, 1.82) is 0 Å². The van der Waals surface area contributed by atoms with Crippen LogP contribution in [0.1, 0.15) is 4.88 Å². The van der Waals surface area contributed by atoms with Gasteiger partial charge in [-0.3, -0.25) is 0 Å². The van der Waals surface area contributed by atoms with E-state index in [0.717, 1.165) is 4.88 Å². The van der Waals surface area contributed by atoms with Crippen LogP contribution in [0.5, 0.6) is 0 Å². The minimum atomic E-state index is -3.37. The highest BCUT2D eigenvalue weighted by molar-refractivity contribution is 7.89. The first-order valence-corrected chi connectivity index (χ1v) is 7.51. The average molecular weight is 278 g/mol. The van der Waals surface area contributed by atoms with E-state index in [2.05, 4.69) is 5.32 Å². The molecule has 0 bridgehead atoms. The van der Waals surface area contributed by atoms with E-state index in [4.69, 9.17) is 4.74 Å².